The van der Waals surface area contributed by atoms with Crippen molar-refractivity contribution in [1.29, 1.82) is 0 Å². The summed E-state index contributed by atoms with van der Waals surface area (Å²) >= 11 is 3.43. The second kappa shape index (κ2) is 6.44. The van der Waals surface area contributed by atoms with E-state index in [1.54, 1.807) is 24.1 Å². The lowest BCUT2D eigenvalue weighted by atomic mass is 9.97. The average molecular weight is 401 g/mol. The monoisotopic (exact) mass is 400 g/mol. The second-order valence-electron chi connectivity index (χ2n) is 6.31. The predicted molar refractivity (Wildman–Crippen MR) is 103 cm³/mol. The number of nitro groups is 1. The van der Waals surface area contributed by atoms with Crippen molar-refractivity contribution in [1.82, 2.24) is 0 Å². The van der Waals surface area contributed by atoms with Gasteiger partial charge in [0.05, 0.1) is 10.6 Å². The van der Waals surface area contributed by atoms with E-state index in [0.29, 0.717) is 16.7 Å². The lowest BCUT2D eigenvalue weighted by molar-refractivity contribution is -0.385. The Labute approximate surface area is 154 Å². The van der Waals surface area contributed by atoms with Crippen molar-refractivity contribution in [2.75, 3.05) is 11.9 Å². The third-order valence-electron chi connectivity index (χ3n) is 4.33. The molecule has 1 heterocycles. The maximum absolute atomic E-state index is 12.6. The van der Waals surface area contributed by atoms with E-state index in [-0.39, 0.29) is 22.4 Å². The fourth-order valence-corrected chi connectivity index (χ4v) is 3.39. The van der Waals surface area contributed by atoms with Crippen molar-refractivity contribution < 1.29 is 9.72 Å². The molecule has 0 fully saturated rings. The van der Waals surface area contributed by atoms with Crippen LogP contribution < -0.4 is 4.90 Å². The number of hydrogen-bond acceptors (Lipinski definition) is 3. The Morgan fingerprint density at radius 3 is 2.56 bits per heavy atom. The summed E-state index contributed by atoms with van der Waals surface area (Å²) in [5.41, 5.74) is 3.58. The molecule has 1 aliphatic heterocycles. The minimum atomic E-state index is -0.371. The number of nitrogens with zero attached hydrogens (tertiary/aromatic N) is 2. The molecule has 0 aliphatic carbocycles. The Morgan fingerprint density at radius 1 is 1.20 bits per heavy atom. The maximum Gasteiger partial charge on any atom is 0.273 e. The van der Waals surface area contributed by atoms with Gasteiger partial charge in [-0.3, -0.25) is 14.9 Å². The molecule has 6 heteroatoms. The SMILES string of the molecule is CC(C)c1ccc(/C=C2/C(=O)N(C)c3ccc(Br)cc32)cc1[N+](=O)[O-]. The van der Waals surface area contributed by atoms with Gasteiger partial charge >= 0.3 is 0 Å². The molecular weight excluding hydrogens is 384 g/mol. The Bertz CT molecular complexity index is 919. The molecule has 25 heavy (non-hydrogen) atoms. The van der Waals surface area contributed by atoms with Crippen molar-refractivity contribution >= 4 is 44.9 Å². The summed E-state index contributed by atoms with van der Waals surface area (Å²) < 4.78 is 0.876. The van der Waals surface area contributed by atoms with E-state index in [1.165, 1.54) is 6.07 Å². The summed E-state index contributed by atoms with van der Waals surface area (Å²) in [5, 5.41) is 11.4. The first-order valence-corrected chi connectivity index (χ1v) is 8.67. The smallest absolute Gasteiger partial charge is 0.273 e. The number of halogens is 1. The maximum atomic E-state index is 12.6. The molecule has 1 aliphatic rings. The van der Waals surface area contributed by atoms with Crippen molar-refractivity contribution in [2.24, 2.45) is 0 Å². The Morgan fingerprint density at radius 2 is 1.92 bits per heavy atom. The summed E-state index contributed by atoms with van der Waals surface area (Å²) in [7, 11) is 1.72. The molecule has 0 saturated carbocycles. The first-order chi connectivity index (χ1) is 11.8. The van der Waals surface area contributed by atoms with E-state index in [0.717, 1.165) is 15.7 Å². The van der Waals surface area contributed by atoms with E-state index in [9.17, 15) is 14.9 Å². The third-order valence-corrected chi connectivity index (χ3v) is 4.82. The lowest BCUT2D eigenvalue weighted by Gasteiger charge is -2.08. The van der Waals surface area contributed by atoms with Crippen molar-refractivity contribution in [3.63, 3.8) is 0 Å². The number of fused-ring (bicyclic) bond motifs is 1. The van der Waals surface area contributed by atoms with Crippen LogP contribution in [0, 0.1) is 10.1 Å². The number of likely N-dealkylation sites (N-methyl/N-ethyl adjacent to an activating group) is 1. The van der Waals surface area contributed by atoms with Crippen LogP contribution in [-0.4, -0.2) is 17.9 Å². The van der Waals surface area contributed by atoms with Crippen LogP contribution in [0.1, 0.15) is 36.5 Å². The topological polar surface area (TPSA) is 63.5 Å². The van der Waals surface area contributed by atoms with Crippen LogP contribution in [0.25, 0.3) is 11.6 Å². The summed E-state index contributed by atoms with van der Waals surface area (Å²) in [6.45, 7) is 3.84. The quantitative estimate of drug-likeness (QED) is 0.413. The van der Waals surface area contributed by atoms with Crippen LogP contribution in [0.5, 0.6) is 0 Å². The first kappa shape index (κ1) is 17.4. The van der Waals surface area contributed by atoms with Gasteiger partial charge in [-0.05, 0) is 35.8 Å². The van der Waals surface area contributed by atoms with Gasteiger partial charge in [-0.15, -0.1) is 0 Å². The van der Waals surface area contributed by atoms with Crippen molar-refractivity contribution in [2.45, 2.75) is 19.8 Å². The van der Waals surface area contributed by atoms with Gasteiger partial charge in [0.15, 0.2) is 0 Å². The van der Waals surface area contributed by atoms with E-state index in [2.05, 4.69) is 15.9 Å². The zero-order chi connectivity index (χ0) is 18.3. The molecule has 2 aromatic carbocycles. The summed E-state index contributed by atoms with van der Waals surface area (Å²) in [6, 6.07) is 10.8. The molecule has 5 nitrogen and oxygen atoms in total. The average Bonchev–Trinajstić information content (AvgIpc) is 2.79. The van der Waals surface area contributed by atoms with Crippen LogP contribution in [0.4, 0.5) is 11.4 Å². The molecule has 128 valence electrons. The van der Waals surface area contributed by atoms with E-state index in [4.69, 9.17) is 0 Å². The number of benzene rings is 2. The summed E-state index contributed by atoms with van der Waals surface area (Å²) in [5.74, 6) is -0.0679. The number of anilines is 1. The normalized spacial score (nSPS) is 15.2. The van der Waals surface area contributed by atoms with Gasteiger partial charge < -0.3 is 4.90 Å². The van der Waals surface area contributed by atoms with Crippen LogP contribution in [0.3, 0.4) is 0 Å². The zero-order valence-corrected chi connectivity index (χ0v) is 15.7. The van der Waals surface area contributed by atoms with Crippen LogP contribution in [-0.2, 0) is 4.79 Å². The van der Waals surface area contributed by atoms with E-state index < -0.39 is 0 Å². The molecule has 0 aromatic heterocycles. The van der Waals surface area contributed by atoms with Gasteiger partial charge in [0, 0.05) is 34.3 Å². The minimum Gasteiger partial charge on any atom is -0.311 e. The fourth-order valence-electron chi connectivity index (χ4n) is 3.02. The Hall–Kier alpha value is -2.47. The summed E-state index contributed by atoms with van der Waals surface area (Å²) in [4.78, 5) is 25.2. The molecule has 0 unspecified atom stereocenters. The van der Waals surface area contributed by atoms with Crippen LogP contribution in [0.15, 0.2) is 40.9 Å². The molecule has 2 aromatic rings. The second-order valence-corrected chi connectivity index (χ2v) is 7.23. The van der Waals surface area contributed by atoms with Gasteiger partial charge in [0.1, 0.15) is 0 Å². The van der Waals surface area contributed by atoms with Crippen LogP contribution >= 0.6 is 15.9 Å². The number of amides is 1. The highest BCUT2D eigenvalue weighted by atomic mass is 79.9. The highest BCUT2D eigenvalue weighted by Gasteiger charge is 2.30. The number of rotatable bonds is 3. The molecular formula is C19H17BrN2O3. The summed E-state index contributed by atoms with van der Waals surface area (Å²) in [6.07, 6.45) is 1.72. The van der Waals surface area contributed by atoms with E-state index in [1.807, 2.05) is 38.1 Å². The molecule has 0 bridgehead atoms. The lowest BCUT2D eigenvalue weighted by Crippen LogP contribution is -2.20. The van der Waals surface area contributed by atoms with E-state index >= 15 is 0 Å². The predicted octanol–water partition coefficient (Wildman–Crippen LogP) is 5.00. The minimum absolute atomic E-state index is 0.0537. The number of hydrogen-bond donors (Lipinski definition) is 0. The van der Waals surface area contributed by atoms with Gasteiger partial charge in [-0.2, -0.15) is 0 Å². The van der Waals surface area contributed by atoms with Crippen molar-refractivity contribution in [3.8, 4) is 0 Å². The standard InChI is InChI=1S/C19H17BrN2O3/c1-11(2)14-6-4-12(9-18(14)22(24)25)8-16-15-10-13(20)5-7-17(15)21(3)19(16)23/h4-11H,1-3H3/b16-8+. The number of carbonyl (C=O) groups excluding carboxylic acids is 1. The zero-order valence-electron chi connectivity index (χ0n) is 14.1. The highest BCUT2D eigenvalue weighted by Crippen LogP contribution is 2.39. The number of nitro benzene ring substituents is 1. The number of carbonyl (C=O) groups is 1. The Balaban J connectivity index is 2.13. The molecule has 1 amide bonds. The van der Waals surface area contributed by atoms with Gasteiger partial charge in [0.25, 0.3) is 11.6 Å². The molecule has 3 rings (SSSR count). The largest absolute Gasteiger partial charge is 0.311 e. The molecule has 0 saturated heterocycles. The molecule has 0 atom stereocenters. The molecule has 0 N–H and O–H groups in total. The van der Waals surface area contributed by atoms with Gasteiger partial charge in [0.2, 0.25) is 0 Å². The third kappa shape index (κ3) is 3.09. The Kier molecular flexibility index (Phi) is 4.47. The fraction of sp³-hybridized carbons (Fsp3) is 0.211. The van der Waals surface area contributed by atoms with Gasteiger partial charge in [-0.25, -0.2) is 0 Å². The van der Waals surface area contributed by atoms with Crippen molar-refractivity contribution in [3.05, 3.63) is 67.7 Å². The van der Waals surface area contributed by atoms with Crippen LogP contribution in [0.2, 0.25) is 0 Å². The molecule has 0 radical (unpaired) electrons. The molecule has 0 spiro atoms. The van der Waals surface area contributed by atoms with Gasteiger partial charge in [-0.1, -0.05) is 41.9 Å². The first-order valence-electron chi connectivity index (χ1n) is 7.87. The highest BCUT2D eigenvalue weighted by molar-refractivity contribution is 9.10.